The lowest BCUT2D eigenvalue weighted by Crippen LogP contribution is -2.05. The summed E-state index contributed by atoms with van der Waals surface area (Å²) < 4.78 is 14.6. The number of halogens is 1. The van der Waals surface area contributed by atoms with Gasteiger partial charge in [-0.25, -0.2) is 9.07 Å². The number of anilines is 1. The van der Waals surface area contributed by atoms with Crippen LogP contribution in [0.2, 0.25) is 0 Å². The molecular formula is C12H17FN4. The van der Waals surface area contributed by atoms with Gasteiger partial charge in [0.25, 0.3) is 0 Å². The molecule has 0 unspecified atom stereocenters. The second-order valence-electron chi connectivity index (χ2n) is 4.03. The molecule has 0 amide bonds. The van der Waals surface area contributed by atoms with Gasteiger partial charge in [0, 0.05) is 0 Å². The number of hydrogen-bond donors (Lipinski definition) is 2. The van der Waals surface area contributed by atoms with Crippen molar-refractivity contribution in [2.45, 2.75) is 19.8 Å². The van der Waals surface area contributed by atoms with Crippen LogP contribution >= 0.6 is 0 Å². The molecule has 0 saturated carbocycles. The highest BCUT2D eigenvalue weighted by Crippen LogP contribution is 2.24. The van der Waals surface area contributed by atoms with Crippen molar-refractivity contribution in [3.05, 3.63) is 42.0 Å². The number of hydrogen-bond acceptors (Lipinski definition) is 3. The van der Waals surface area contributed by atoms with E-state index in [4.69, 9.17) is 5.73 Å². The summed E-state index contributed by atoms with van der Waals surface area (Å²) in [6, 6.07) is 6.20. The van der Waals surface area contributed by atoms with Crippen LogP contribution in [0.5, 0.6) is 0 Å². The van der Waals surface area contributed by atoms with Crippen molar-refractivity contribution in [1.29, 1.82) is 0 Å². The third-order valence-corrected chi connectivity index (χ3v) is 2.45. The molecule has 4 nitrogen and oxygen atoms in total. The van der Waals surface area contributed by atoms with Crippen LogP contribution < -0.4 is 11.9 Å². The third kappa shape index (κ3) is 2.45. The first kappa shape index (κ1) is 13.2. The Kier molecular flexibility index (Phi) is 3.85. The van der Waals surface area contributed by atoms with Gasteiger partial charge in [0.05, 0.1) is 23.3 Å². The molecule has 0 aliphatic carbocycles. The minimum absolute atomic E-state index is 0. The van der Waals surface area contributed by atoms with Gasteiger partial charge in [0.2, 0.25) is 0 Å². The Hall–Kier alpha value is -1.88. The Labute approximate surface area is 99.8 Å². The van der Waals surface area contributed by atoms with E-state index in [1.807, 2.05) is 13.8 Å². The van der Waals surface area contributed by atoms with Gasteiger partial charge in [0.1, 0.15) is 5.82 Å². The molecule has 0 aliphatic rings. The normalized spacial score (nSPS) is 10.4. The summed E-state index contributed by atoms with van der Waals surface area (Å²) in [5.41, 5.74) is 8.29. The molecule has 0 atom stereocenters. The molecule has 1 aromatic carbocycles. The highest BCUT2D eigenvalue weighted by Gasteiger charge is 2.13. The zero-order valence-corrected chi connectivity index (χ0v) is 10.0. The number of nitrogens with zero attached hydrogens (tertiary/aromatic N) is 2. The summed E-state index contributed by atoms with van der Waals surface area (Å²) >= 11 is 0. The Balaban J connectivity index is 0.00000144. The first-order valence-electron chi connectivity index (χ1n) is 5.19. The van der Waals surface area contributed by atoms with Crippen molar-refractivity contribution in [2.24, 2.45) is 0 Å². The van der Waals surface area contributed by atoms with E-state index in [9.17, 15) is 4.39 Å². The van der Waals surface area contributed by atoms with Crippen LogP contribution in [0.25, 0.3) is 5.69 Å². The summed E-state index contributed by atoms with van der Waals surface area (Å²) in [5.74, 6) is 0.0162. The second kappa shape index (κ2) is 4.97. The lowest BCUT2D eigenvalue weighted by atomic mass is 10.1. The van der Waals surface area contributed by atoms with E-state index in [2.05, 4.69) is 5.10 Å². The van der Waals surface area contributed by atoms with Crippen molar-refractivity contribution in [3.63, 3.8) is 0 Å². The zero-order chi connectivity index (χ0) is 11.7. The Morgan fingerprint density at radius 3 is 2.35 bits per heavy atom. The van der Waals surface area contributed by atoms with E-state index in [1.54, 1.807) is 23.0 Å². The maximum atomic E-state index is 12.8. The Morgan fingerprint density at radius 1 is 1.24 bits per heavy atom. The van der Waals surface area contributed by atoms with Crippen molar-refractivity contribution < 1.29 is 4.39 Å². The topological polar surface area (TPSA) is 78.8 Å². The molecule has 0 fully saturated rings. The van der Waals surface area contributed by atoms with Gasteiger partial charge in [-0.1, -0.05) is 13.8 Å². The van der Waals surface area contributed by atoms with Gasteiger partial charge in [-0.3, -0.25) is 0 Å². The summed E-state index contributed by atoms with van der Waals surface area (Å²) in [5, 5.41) is 4.21. The summed E-state index contributed by atoms with van der Waals surface area (Å²) in [4.78, 5) is 0. The highest BCUT2D eigenvalue weighted by atomic mass is 19.1. The first-order valence-corrected chi connectivity index (χ1v) is 5.19. The zero-order valence-electron chi connectivity index (χ0n) is 10.0. The maximum Gasteiger partial charge on any atom is 0.123 e. The maximum absolute atomic E-state index is 12.8. The van der Waals surface area contributed by atoms with Crippen LogP contribution in [0.15, 0.2) is 30.5 Å². The van der Waals surface area contributed by atoms with Gasteiger partial charge in [0.15, 0.2) is 0 Å². The molecule has 0 saturated heterocycles. The second-order valence-corrected chi connectivity index (χ2v) is 4.03. The molecule has 5 heteroatoms. The van der Waals surface area contributed by atoms with Gasteiger partial charge >= 0.3 is 0 Å². The first-order chi connectivity index (χ1) is 7.59. The third-order valence-electron chi connectivity index (χ3n) is 2.45. The van der Waals surface area contributed by atoms with E-state index in [0.29, 0.717) is 5.69 Å². The molecule has 92 valence electrons. The molecule has 17 heavy (non-hydrogen) atoms. The van der Waals surface area contributed by atoms with Gasteiger partial charge in [-0.2, -0.15) is 5.10 Å². The Morgan fingerprint density at radius 2 is 1.82 bits per heavy atom. The molecule has 0 aliphatic heterocycles. The van der Waals surface area contributed by atoms with Crippen molar-refractivity contribution in [1.82, 2.24) is 15.9 Å². The number of benzene rings is 1. The predicted molar refractivity (Wildman–Crippen MR) is 67.0 cm³/mol. The van der Waals surface area contributed by atoms with E-state index in [0.717, 1.165) is 11.4 Å². The number of nitrogen functional groups attached to an aromatic ring is 1. The van der Waals surface area contributed by atoms with Crippen LogP contribution in [0, 0.1) is 5.82 Å². The molecule has 1 aromatic heterocycles. The standard InChI is InChI=1S/C12H14FN3.H3N/c1-8(2)12-11(14)7-15-16(12)10-5-3-9(13)4-6-10;/h3-8H,14H2,1-2H3;1H3. The molecule has 0 radical (unpaired) electrons. The lowest BCUT2D eigenvalue weighted by molar-refractivity contribution is 0.626. The molecule has 0 bridgehead atoms. The monoisotopic (exact) mass is 236 g/mol. The van der Waals surface area contributed by atoms with Crippen LogP contribution in [0.3, 0.4) is 0 Å². The minimum atomic E-state index is -0.255. The van der Waals surface area contributed by atoms with Gasteiger partial charge in [-0.05, 0) is 30.2 Å². The van der Waals surface area contributed by atoms with Crippen molar-refractivity contribution in [2.75, 3.05) is 5.73 Å². The molecule has 2 rings (SSSR count). The average Bonchev–Trinajstić information content (AvgIpc) is 2.61. The van der Waals surface area contributed by atoms with Crippen LogP contribution in [-0.2, 0) is 0 Å². The van der Waals surface area contributed by atoms with E-state index in [-0.39, 0.29) is 17.9 Å². The van der Waals surface area contributed by atoms with E-state index >= 15 is 0 Å². The SMILES string of the molecule is CC(C)c1c(N)cnn1-c1ccc(F)cc1.N. The van der Waals surface area contributed by atoms with Crippen LogP contribution in [0.4, 0.5) is 10.1 Å². The fraction of sp³-hybridized carbons (Fsp3) is 0.250. The van der Waals surface area contributed by atoms with Crippen molar-refractivity contribution in [3.8, 4) is 5.69 Å². The largest absolute Gasteiger partial charge is 0.396 e. The number of aromatic nitrogens is 2. The summed E-state index contributed by atoms with van der Waals surface area (Å²) in [7, 11) is 0. The molecule has 2 aromatic rings. The molecule has 0 spiro atoms. The van der Waals surface area contributed by atoms with Gasteiger partial charge < -0.3 is 11.9 Å². The smallest absolute Gasteiger partial charge is 0.123 e. The highest BCUT2D eigenvalue weighted by molar-refractivity contribution is 5.47. The predicted octanol–water partition coefficient (Wildman–Crippen LogP) is 2.88. The quantitative estimate of drug-likeness (QED) is 0.841. The lowest BCUT2D eigenvalue weighted by Gasteiger charge is -2.11. The summed E-state index contributed by atoms with van der Waals surface area (Å²) in [6.45, 7) is 4.10. The molecule has 1 heterocycles. The fourth-order valence-corrected chi connectivity index (χ4v) is 1.74. The Bertz CT molecular complexity index is 488. The van der Waals surface area contributed by atoms with Crippen molar-refractivity contribution >= 4 is 5.69 Å². The molecule has 5 N–H and O–H groups in total. The van der Waals surface area contributed by atoms with Gasteiger partial charge in [-0.15, -0.1) is 0 Å². The molecular weight excluding hydrogens is 219 g/mol. The van der Waals surface area contributed by atoms with E-state index < -0.39 is 0 Å². The van der Waals surface area contributed by atoms with E-state index in [1.165, 1.54) is 12.1 Å². The van der Waals surface area contributed by atoms with Crippen LogP contribution in [0.1, 0.15) is 25.5 Å². The summed E-state index contributed by atoms with van der Waals surface area (Å²) in [6.07, 6.45) is 1.62. The number of rotatable bonds is 2. The number of nitrogens with two attached hydrogens (primary N) is 1. The van der Waals surface area contributed by atoms with Crippen LogP contribution in [-0.4, -0.2) is 9.78 Å². The fourth-order valence-electron chi connectivity index (χ4n) is 1.74. The average molecular weight is 236 g/mol. The minimum Gasteiger partial charge on any atom is -0.396 e.